The lowest BCUT2D eigenvalue weighted by Gasteiger charge is -2.24. The average molecular weight is 294 g/mol. The van der Waals surface area contributed by atoms with Crippen molar-refractivity contribution in [3.05, 3.63) is 28.8 Å². The third kappa shape index (κ3) is 5.33. The number of hydrogen-bond donors (Lipinski definition) is 2. The molecule has 1 aromatic carbocycles. The van der Waals surface area contributed by atoms with Gasteiger partial charge in [-0.3, -0.25) is 0 Å². The summed E-state index contributed by atoms with van der Waals surface area (Å²) in [7, 11) is 0. The Morgan fingerprint density at radius 2 is 1.86 bits per heavy atom. The van der Waals surface area contributed by atoms with E-state index in [0.717, 1.165) is 23.3 Å². The highest BCUT2D eigenvalue weighted by molar-refractivity contribution is 5.45. The van der Waals surface area contributed by atoms with Crippen LogP contribution in [-0.4, -0.2) is 29.5 Å². The lowest BCUT2D eigenvalue weighted by Crippen LogP contribution is -2.17. The minimum atomic E-state index is -0.672. The normalized spacial score (nSPS) is 14.3. The average Bonchev–Trinajstić information content (AvgIpc) is 2.42. The SMILES string of the molecule is CCC(CC(O)CO)c1cc(C)cc(C)c1OCC(C)C. The van der Waals surface area contributed by atoms with Gasteiger partial charge in [-0.25, -0.2) is 0 Å². The highest BCUT2D eigenvalue weighted by atomic mass is 16.5. The van der Waals surface area contributed by atoms with E-state index in [9.17, 15) is 5.11 Å². The van der Waals surface area contributed by atoms with Gasteiger partial charge in [0.05, 0.1) is 19.3 Å². The first-order valence-electron chi connectivity index (χ1n) is 7.91. The fourth-order valence-corrected chi connectivity index (χ4v) is 2.65. The number of aliphatic hydroxyl groups is 2. The maximum atomic E-state index is 9.78. The van der Waals surface area contributed by atoms with Crippen LogP contribution < -0.4 is 4.74 Å². The lowest BCUT2D eigenvalue weighted by molar-refractivity contribution is 0.0814. The minimum Gasteiger partial charge on any atom is -0.493 e. The summed E-state index contributed by atoms with van der Waals surface area (Å²) in [5.41, 5.74) is 3.50. The highest BCUT2D eigenvalue weighted by Gasteiger charge is 2.20. The molecule has 3 nitrogen and oxygen atoms in total. The summed E-state index contributed by atoms with van der Waals surface area (Å²) in [4.78, 5) is 0. The van der Waals surface area contributed by atoms with Crippen LogP contribution in [0.1, 0.15) is 56.2 Å². The van der Waals surface area contributed by atoms with E-state index in [2.05, 4.69) is 46.8 Å². The predicted molar refractivity (Wildman–Crippen MR) is 87.0 cm³/mol. The first-order chi connectivity index (χ1) is 9.88. The van der Waals surface area contributed by atoms with Crippen LogP contribution in [0.2, 0.25) is 0 Å². The first-order valence-corrected chi connectivity index (χ1v) is 7.91. The van der Waals surface area contributed by atoms with E-state index in [1.54, 1.807) is 0 Å². The van der Waals surface area contributed by atoms with E-state index in [1.807, 2.05) is 0 Å². The molecule has 0 heterocycles. The van der Waals surface area contributed by atoms with Gasteiger partial charge in [0.15, 0.2) is 0 Å². The molecule has 0 fully saturated rings. The second-order valence-electron chi connectivity index (χ2n) is 6.38. The fourth-order valence-electron chi connectivity index (χ4n) is 2.65. The van der Waals surface area contributed by atoms with E-state index in [-0.39, 0.29) is 12.5 Å². The lowest BCUT2D eigenvalue weighted by atomic mass is 9.88. The van der Waals surface area contributed by atoms with Crippen LogP contribution in [0.15, 0.2) is 12.1 Å². The summed E-state index contributed by atoms with van der Waals surface area (Å²) in [5.74, 6) is 1.63. The molecule has 1 rings (SSSR count). The van der Waals surface area contributed by atoms with Gasteiger partial charge in [-0.05, 0) is 49.7 Å². The highest BCUT2D eigenvalue weighted by Crippen LogP contribution is 2.36. The largest absolute Gasteiger partial charge is 0.493 e. The Bertz CT molecular complexity index is 440. The third-order valence-electron chi connectivity index (χ3n) is 3.71. The Morgan fingerprint density at radius 3 is 2.38 bits per heavy atom. The number of aliphatic hydroxyl groups excluding tert-OH is 2. The van der Waals surface area contributed by atoms with Crippen molar-refractivity contribution in [1.82, 2.24) is 0 Å². The number of benzene rings is 1. The van der Waals surface area contributed by atoms with Gasteiger partial charge in [0, 0.05) is 0 Å². The molecule has 0 bridgehead atoms. The van der Waals surface area contributed by atoms with Crippen LogP contribution in [0.5, 0.6) is 5.75 Å². The van der Waals surface area contributed by atoms with Crippen LogP contribution in [-0.2, 0) is 0 Å². The Morgan fingerprint density at radius 1 is 1.19 bits per heavy atom. The molecule has 0 saturated heterocycles. The molecule has 0 saturated carbocycles. The second kappa shape index (κ2) is 8.40. The van der Waals surface area contributed by atoms with Crippen LogP contribution in [0.3, 0.4) is 0 Å². The monoisotopic (exact) mass is 294 g/mol. The number of rotatable bonds is 8. The second-order valence-corrected chi connectivity index (χ2v) is 6.38. The van der Waals surface area contributed by atoms with Gasteiger partial charge >= 0.3 is 0 Å². The van der Waals surface area contributed by atoms with Gasteiger partial charge in [0.2, 0.25) is 0 Å². The van der Waals surface area contributed by atoms with Gasteiger partial charge in [0.25, 0.3) is 0 Å². The first kappa shape index (κ1) is 18.0. The Labute approximate surface area is 129 Å². The van der Waals surface area contributed by atoms with E-state index >= 15 is 0 Å². The molecule has 2 unspecified atom stereocenters. The maximum Gasteiger partial charge on any atom is 0.125 e. The molecule has 2 N–H and O–H groups in total. The van der Waals surface area contributed by atoms with Crippen LogP contribution in [0, 0.1) is 19.8 Å². The van der Waals surface area contributed by atoms with Gasteiger partial charge in [0.1, 0.15) is 5.75 Å². The number of ether oxygens (including phenoxy) is 1. The molecule has 0 aromatic heterocycles. The number of aryl methyl sites for hydroxylation is 2. The molecule has 2 atom stereocenters. The topological polar surface area (TPSA) is 49.7 Å². The molecule has 0 aliphatic heterocycles. The van der Waals surface area contributed by atoms with Crippen molar-refractivity contribution in [2.75, 3.05) is 13.2 Å². The zero-order valence-corrected chi connectivity index (χ0v) is 14.0. The molecule has 21 heavy (non-hydrogen) atoms. The summed E-state index contributed by atoms with van der Waals surface area (Å²) < 4.78 is 6.04. The molecule has 0 amide bonds. The Hall–Kier alpha value is -1.06. The van der Waals surface area contributed by atoms with Crippen molar-refractivity contribution < 1.29 is 14.9 Å². The van der Waals surface area contributed by atoms with Crippen molar-refractivity contribution in [2.45, 2.75) is 59.5 Å². The standard InChI is InChI=1S/C18H30O3/c1-6-15(9-16(20)10-19)17-8-13(4)7-14(5)18(17)21-11-12(2)3/h7-8,12,15-16,19-20H,6,9-11H2,1-5H3. The van der Waals surface area contributed by atoms with E-state index in [1.165, 1.54) is 5.56 Å². The minimum absolute atomic E-state index is 0.191. The van der Waals surface area contributed by atoms with Crippen LogP contribution >= 0.6 is 0 Å². The van der Waals surface area contributed by atoms with Crippen molar-refractivity contribution in [3.63, 3.8) is 0 Å². The van der Waals surface area contributed by atoms with Gasteiger partial charge in [-0.15, -0.1) is 0 Å². The fraction of sp³-hybridized carbons (Fsp3) is 0.667. The molecular formula is C18H30O3. The zero-order valence-electron chi connectivity index (χ0n) is 14.0. The molecular weight excluding hydrogens is 264 g/mol. The van der Waals surface area contributed by atoms with Crippen LogP contribution in [0.25, 0.3) is 0 Å². The van der Waals surface area contributed by atoms with Crippen molar-refractivity contribution in [3.8, 4) is 5.75 Å². The maximum absolute atomic E-state index is 9.78. The summed E-state index contributed by atoms with van der Waals surface area (Å²) in [5, 5.41) is 18.9. The van der Waals surface area contributed by atoms with Crippen molar-refractivity contribution >= 4 is 0 Å². The van der Waals surface area contributed by atoms with E-state index < -0.39 is 6.10 Å². The summed E-state index contributed by atoms with van der Waals surface area (Å²) in [6, 6.07) is 4.29. The molecule has 0 radical (unpaired) electrons. The molecule has 120 valence electrons. The Balaban J connectivity index is 3.11. The summed E-state index contributed by atoms with van der Waals surface area (Å²) in [6.45, 7) is 11.0. The molecule has 0 aliphatic carbocycles. The van der Waals surface area contributed by atoms with Crippen molar-refractivity contribution in [2.24, 2.45) is 5.92 Å². The predicted octanol–water partition coefficient (Wildman–Crippen LogP) is 3.58. The van der Waals surface area contributed by atoms with E-state index in [0.29, 0.717) is 18.9 Å². The smallest absolute Gasteiger partial charge is 0.125 e. The molecule has 0 aliphatic rings. The number of hydrogen-bond acceptors (Lipinski definition) is 3. The van der Waals surface area contributed by atoms with E-state index in [4.69, 9.17) is 9.84 Å². The quantitative estimate of drug-likeness (QED) is 0.770. The van der Waals surface area contributed by atoms with Gasteiger partial charge in [-0.1, -0.05) is 38.5 Å². The van der Waals surface area contributed by atoms with Gasteiger partial charge in [-0.2, -0.15) is 0 Å². The van der Waals surface area contributed by atoms with Crippen molar-refractivity contribution in [1.29, 1.82) is 0 Å². The zero-order chi connectivity index (χ0) is 16.0. The Kier molecular flexibility index (Phi) is 7.20. The summed E-state index contributed by atoms with van der Waals surface area (Å²) in [6.07, 6.45) is 0.806. The van der Waals surface area contributed by atoms with Crippen LogP contribution in [0.4, 0.5) is 0 Å². The summed E-state index contributed by atoms with van der Waals surface area (Å²) >= 11 is 0. The molecule has 3 heteroatoms. The van der Waals surface area contributed by atoms with Gasteiger partial charge < -0.3 is 14.9 Å². The molecule has 0 spiro atoms. The molecule has 1 aromatic rings. The third-order valence-corrected chi connectivity index (χ3v) is 3.71.